The molecule has 0 radical (unpaired) electrons. The molecule has 170 valence electrons. The Balaban J connectivity index is 1.48. The molecule has 1 aliphatic heterocycles. The van der Waals surface area contributed by atoms with Crippen LogP contribution in [0.2, 0.25) is 5.02 Å². The van der Waals surface area contributed by atoms with Crippen LogP contribution in [0.25, 0.3) is 5.65 Å². The molecule has 3 heterocycles. The van der Waals surface area contributed by atoms with Crippen molar-refractivity contribution in [3.05, 3.63) is 70.6 Å². The van der Waals surface area contributed by atoms with E-state index in [0.717, 1.165) is 48.8 Å². The molecule has 6 nitrogen and oxygen atoms in total. The van der Waals surface area contributed by atoms with Crippen LogP contribution in [0.4, 0.5) is 0 Å². The molecule has 4 rings (SSSR count). The van der Waals surface area contributed by atoms with Gasteiger partial charge < -0.3 is 11.1 Å². The Morgan fingerprint density at radius 1 is 1.25 bits per heavy atom. The Morgan fingerprint density at radius 3 is 2.72 bits per heavy atom. The van der Waals surface area contributed by atoms with Crippen LogP contribution in [-0.4, -0.2) is 45.9 Å². The minimum atomic E-state index is -0.0922. The summed E-state index contributed by atoms with van der Waals surface area (Å²) in [5.41, 5.74) is 9.56. The van der Waals surface area contributed by atoms with Crippen molar-refractivity contribution < 1.29 is 4.79 Å². The largest absolute Gasteiger partial charge is 0.350 e. The molecule has 0 saturated carbocycles. The van der Waals surface area contributed by atoms with E-state index in [-0.39, 0.29) is 17.9 Å². The third kappa shape index (κ3) is 5.49. The van der Waals surface area contributed by atoms with Gasteiger partial charge in [0.2, 0.25) is 0 Å². The first-order valence-corrected chi connectivity index (χ1v) is 11.8. The number of carbonyl (C=O) groups is 1. The molecule has 3 N–H and O–H groups in total. The minimum Gasteiger partial charge on any atom is -0.350 e. The monoisotopic (exact) mass is 453 g/mol. The number of amides is 1. The van der Waals surface area contributed by atoms with Crippen LogP contribution in [-0.2, 0) is 6.54 Å². The third-order valence-electron chi connectivity index (χ3n) is 6.08. The van der Waals surface area contributed by atoms with Crippen molar-refractivity contribution in [2.45, 2.75) is 45.2 Å². The normalized spacial score (nSPS) is 17.8. The molecule has 1 saturated heterocycles. The summed E-state index contributed by atoms with van der Waals surface area (Å²) in [6, 6.07) is 13.8. The summed E-state index contributed by atoms with van der Waals surface area (Å²) >= 11 is 6.06. The van der Waals surface area contributed by atoms with Gasteiger partial charge in [-0.25, -0.2) is 4.98 Å². The number of carbonyl (C=O) groups excluding carboxylic acids is 1. The number of benzene rings is 1. The lowest BCUT2D eigenvalue weighted by Gasteiger charge is -2.20. The minimum absolute atomic E-state index is 0.0922. The van der Waals surface area contributed by atoms with Crippen molar-refractivity contribution in [2.24, 2.45) is 11.7 Å². The lowest BCUT2D eigenvalue weighted by Crippen LogP contribution is -2.30. The van der Waals surface area contributed by atoms with Gasteiger partial charge in [-0.3, -0.25) is 14.1 Å². The fourth-order valence-corrected chi connectivity index (χ4v) is 4.63. The van der Waals surface area contributed by atoms with Crippen molar-refractivity contribution in [1.29, 1.82) is 0 Å². The van der Waals surface area contributed by atoms with E-state index in [1.54, 1.807) is 0 Å². The van der Waals surface area contributed by atoms with Crippen molar-refractivity contribution in [3.63, 3.8) is 0 Å². The summed E-state index contributed by atoms with van der Waals surface area (Å²) in [5, 5.41) is 3.87. The fourth-order valence-electron chi connectivity index (χ4n) is 4.51. The van der Waals surface area contributed by atoms with Crippen molar-refractivity contribution in [3.8, 4) is 0 Å². The van der Waals surface area contributed by atoms with E-state index in [2.05, 4.69) is 36.2 Å². The molecule has 1 aromatic carbocycles. The number of hydrogen-bond donors (Lipinski definition) is 2. The molecule has 1 aliphatic rings. The maximum absolute atomic E-state index is 13.1. The number of pyridine rings is 1. The number of fused-ring (bicyclic) bond motifs is 1. The van der Waals surface area contributed by atoms with Crippen LogP contribution in [0.15, 0.2) is 48.7 Å². The average Bonchev–Trinajstić information content (AvgIpc) is 3.36. The summed E-state index contributed by atoms with van der Waals surface area (Å²) in [5.74, 6) is 0.657. The molecule has 0 spiro atoms. The van der Waals surface area contributed by atoms with Crippen LogP contribution < -0.4 is 11.1 Å². The number of imidazole rings is 1. The SMILES string of the molecule is CC(C)CC(CNC(=O)c1cccc2nc(CN3CCC(N)C3)cn12)c1ccc(Cl)cc1. The number of halogens is 1. The topological polar surface area (TPSA) is 75.7 Å². The highest BCUT2D eigenvalue weighted by Crippen LogP contribution is 2.25. The molecular weight excluding hydrogens is 422 g/mol. The fraction of sp³-hybridized carbons (Fsp3) is 0.440. The van der Waals surface area contributed by atoms with E-state index < -0.39 is 0 Å². The molecule has 2 aromatic heterocycles. The maximum Gasteiger partial charge on any atom is 0.268 e. The zero-order valence-electron chi connectivity index (χ0n) is 18.8. The van der Waals surface area contributed by atoms with Gasteiger partial charge in [-0.2, -0.15) is 0 Å². The molecule has 2 unspecified atom stereocenters. The summed E-state index contributed by atoms with van der Waals surface area (Å²) in [4.78, 5) is 20.2. The second-order valence-electron chi connectivity index (χ2n) is 9.24. The van der Waals surface area contributed by atoms with Crippen molar-refractivity contribution in [2.75, 3.05) is 19.6 Å². The van der Waals surface area contributed by atoms with Gasteiger partial charge in [-0.05, 0) is 48.6 Å². The van der Waals surface area contributed by atoms with Gasteiger partial charge in [0.25, 0.3) is 5.91 Å². The molecule has 1 amide bonds. The van der Waals surface area contributed by atoms with Crippen LogP contribution in [0, 0.1) is 5.92 Å². The molecule has 0 bridgehead atoms. The summed E-state index contributed by atoms with van der Waals surface area (Å²) in [6.45, 7) is 7.61. The number of aromatic nitrogens is 2. The highest BCUT2D eigenvalue weighted by molar-refractivity contribution is 6.30. The Kier molecular flexibility index (Phi) is 7.13. The van der Waals surface area contributed by atoms with Crippen LogP contribution in [0.3, 0.4) is 0 Å². The number of nitrogens with two attached hydrogens (primary N) is 1. The standard InChI is InChI=1S/C25H32ClN5O/c1-17(2)12-19(18-6-8-20(26)9-7-18)13-28-25(32)23-4-3-5-24-29-22(16-31(23)24)15-30-11-10-21(27)14-30/h3-9,16-17,19,21H,10-15,27H2,1-2H3,(H,28,32). The summed E-state index contributed by atoms with van der Waals surface area (Å²) < 4.78 is 1.89. The molecular formula is C25H32ClN5O. The van der Waals surface area contributed by atoms with E-state index in [9.17, 15) is 4.79 Å². The van der Waals surface area contributed by atoms with Gasteiger partial charge in [0.1, 0.15) is 11.3 Å². The highest BCUT2D eigenvalue weighted by Gasteiger charge is 2.21. The predicted molar refractivity (Wildman–Crippen MR) is 129 cm³/mol. The number of likely N-dealkylation sites (tertiary alicyclic amines) is 1. The Bertz CT molecular complexity index is 1060. The second kappa shape index (κ2) is 10.0. The van der Waals surface area contributed by atoms with Crippen LogP contribution in [0.1, 0.15) is 54.4 Å². The zero-order valence-corrected chi connectivity index (χ0v) is 19.6. The third-order valence-corrected chi connectivity index (χ3v) is 6.33. The molecule has 1 fully saturated rings. The van der Waals surface area contributed by atoms with Gasteiger partial charge >= 0.3 is 0 Å². The first kappa shape index (κ1) is 22.8. The van der Waals surface area contributed by atoms with E-state index in [1.165, 1.54) is 5.56 Å². The van der Waals surface area contributed by atoms with Crippen molar-refractivity contribution in [1.82, 2.24) is 19.6 Å². The maximum atomic E-state index is 13.1. The molecule has 0 aliphatic carbocycles. The van der Waals surface area contributed by atoms with E-state index in [4.69, 9.17) is 22.3 Å². The van der Waals surface area contributed by atoms with E-state index >= 15 is 0 Å². The second-order valence-corrected chi connectivity index (χ2v) is 9.68. The molecule has 2 atom stereocenters. The molecule has 3 aromatic rings. The van der Waals surface area contributed by atoms with Gasteiger partial charge in [-0.1, -0.05) is 43.6 Å². The smallest absolute Gasteiger partial charge is 0.268 e. The van der Waals surface area contributed by atoms with Crippen molar-refractivity contribution >= 4 is 23.2 Å². The zero-order chi connectivity index (χ0) is 22.7. The lowest BCUT2D eigenvalue weighted by atomic mass is 9.90. The van der Waals surface area contributed by atoms with Gasteiger partial charge in [-0.15, -0.1) is 0 Å². The van der Waals surface area contributed by atoms with E-state index in [0.29, 0.717) is 18.2 Å². The Hall–Kier alpha value is -2.41. The Morgan fingerprint density at radius 2 is 2.03 bits per heavy atom. The lowest BCUT2D eigenvalue weighted by molar-refractivity contribution is 0.0943. The molecule has 7 heteroatoms. The van der Waals surface area contributed by atoms with E-state index in [1.807, 2.05) is 40.9 Å². The highest BCUT2D eigenvalue weighted by atomic mass is 35.5. The number of nitrogens with zero attached hydrogens (tertiary/aromatic N) is 3. The summed E-state index contributed by atoms with van der Waals surface area (Å²) in [6.07, 6.45) is 3.98. The summed E-state index contributed by atoms with van der Waals surface area (Å²) in [7, 11) is 0. The molecule has 32 heavy (non-hydrogen) atoms. The number of hydrogen-bond acceptors (Lipinski definition) is 4. The number of rotatable bonds is 8. The number of nitrogens with one attached hydrogen (secondary N) is 1. The Labute approximate surface area is 194 Å². The average molecular weight is 454 g/mol. The van der Waals surface area contributed by atoms with Crippen LogP contribution in [0.5, 0.6) is 0 Å². The predicted octanol–water partition coefficient (Wildman–Crippen LogP) is 4.08. The quantitative estimate of drug-likeness (QED) is 0.538. The van der Waals surface area contributed by atoms with Gasteiger partial charge in [0.05, 0.1) is 5.69 Å². The van der Waals surface area contributed by atoms with Gasteiger partial charge in [0, 0.05) is 49.4 Å². The van der Waals surface area contributed by atoms with Crippen LogP contribution >= 0.6 is 11.6 Å². The van der Waals surface area contributed by atoms with Gasteiger partial charge in [0.15, 0.2) is 0 Å². The first-order valence-electron chi connectivity index (χ1n) is 11.4. The first-order chi connectivity index (χ1) is 15.4.